The molecule has 1 N–H and O–H groups in total. The number of aromatic nitrogens is 1. The Morgan fingerprint density at radius 3 is 2.53 bits per heavy atom. The molecule has 0 fully saturated rings. The number of hydrogen-bond acceptors (Lipinski definition) is 3. The van der Waals surface area contributed by atoms with E-state index >= 15 is 0 Å². The van der Waals surface area contributed by atoms with Crippen molar-refractivity contribution in [2.75, 3.05) is 6.61 Å². The van der Waals surface area contributed by atoms with E-state index in [1.165, 1.54) is 0 Å². The lowest BCUT2D eigenvalue weighted by atomic mass is 10.1. The summed E-state index contributed by atoms with van der Waals surface area (Å²) in [4.78, 5) is 4.36. The lowest BCUT2D eigenvalue weighted by molar-refractivity contribution is 0.242. The fraction of sp³-hybridized carbons (Fsp3) is 0.312. The van der Waals surface area contributed by atoms with Crippen LogP contribution in [-0.4, -0.2) is 22.8 Å². The fourth-order valence-corrected chi connectivity index (χ4v) is 1.89. The predicted octanol–water partition coefficient (Wildman–Crippen LogP) is 3.07. The van der Waals surface area contributed by atoms with E-state index in [-0.39, 0.29) is 12.7 Å². The first kappa shape index (κ1) is 13.6. The molecule has 0 saturated carbocycles. The molecule has 0 atom stereocenters. The third-order valence-corrected chi connectivity index (χ3v) is 2.75. The lowest BCUT2D eigenvalue weighted by Gasteiger charge is -2.10. The highest BCUT2D eigenvalue weighted by atomic mass is 16.5. The molecule has 1 aromatic heterocycles. The minimum absolute atomic E-state index is 0.157. The minimum atomic E-state index is 0.157. The second-order valence-electron chi connectivity index (χ2n) is 4.71. The minimum Gasteiger partial charge on any atom is -0.491 e. The summed E-state index contributed by atoms with van der Waals surface area (Å²) in [6.07, 6.45) is 2.61. The second kappa shape index (κ2) is 6.34. The maximum absolute atomic E-state index is 8.96. The Hall–Kier alpha value is -1.87. The molecule has 2 rings (SSSR count). The van der Waals surface area contributed by atoms with Gasteiger partial charge in [0.2, 0.25) is 0 Å². The molecular weight excluding hydrogens is 238 g/mol. The molecule has 2 aromatic rings. The van der Waals surface area contributed by atoms with E-state index in [1.807, 2.05) is 50.2 Å². The summed E-state index contributed by atoms with van der Waals surface area (Å²) >= 11 is 0. The van der Waals surface area contributed by atoms with Gasteiger partial charge in [0.25, 0.3) is 0 Å². The third kappa shape index (κ3) is 3.80. The Bertz CT molecular complexity index is 521. The third-order valence-electron chi connectivity index (χ3n) is 2.75. The van der Waals surface area contributed by atoms with Crippen LogP contribution in [0.1, 0.15) is 19.4 Å². The first-order valence-corrected chi connectivity index (χ1v) is 6.52. The van der Waals surface area contributed by atoms with Crippen LogP contribution in [0.4, 0.5) is 0 Å². The molecule has 1 heterocycles. The number of rotatable bonds is 5. The predicted molar refractivity (Wildman–Crippen MR) is 76.2 cm³/mol. The van der Waals surface area contributed by atoms with Crippen LogP contribution in [0.15, 0.2) is 42.6 Å². The summed E-state index contributed by atoms with van der Waals surface area (Å²) in [5.41, 5.74) is 3.06. The van der Waals surface area contributed by atoms with Crippen molar-refractivity contribution in [1.29, 1.82) is 0 Å². The van der Waals surface area contributed by atoms with Gasteiger partial charge in [-0.1, -0.05) is 0 Å². The van der Waals surface area contributed by atoms with E-state index in [0.717, 1.165) is 22.6 Å². The van der Waals surface area contributed by atoms with Gasteiger partial charge in [-0.2, -0.15) is 0 Å². The Morgan fingerprint density at radius 2 is 1.89 bits per heavy atom. The maximum Gasteiger partial charge on any atom is 0.119 e. The second-order valence-corrected chi connectivity index (χ2v) is 4.71. The Balaban J connectivity index is 2.19. The van der Waals surface area contributed by atoms with E-state index in [0.29, 0.717) is 6.42 Å². The van der Waals surface area contributed by atoms with Crippen LogP contribution >= 0.6 is 0 Å². The summed E-state index contributed by atoms with van der Waals surface area (Å²) in [5, 5.41) is 8.96. The van der Waals surface area contributed by atoms with Crippen molar-refractivity contribution < 1.29 is 9.84 Å². The average Bonchev–Trinajstić information content (AvgIpc) is 2.40. The van der Waals surface area contributed by atoms with Gasteiger partial charge in [0.1, 0.15) is 5.75 Å². The number of pyridine rings is 1. The van der Waals surface area contributed by atoms with Crippen molar-refractivity contribution in [2.45, 2.75) is 26.4 Å². The van der Waals surface area contributed by atoms with Crippen LogP contribution < -0.4 is 4.74 Å². The van der Waals surface area contributed by atoms with Crippen molar-refractivity contribution in [2.24, 2.45) is 0 Å². The highest BCUT2D eigenvalue weighted by molar-refractivity contribution is 5.60. The maximum atomic E-state index is 8.96. The number of benzene rings is 1. The lowest BCUT2D eigenvalue weighted by Crippen LogP contribution is -2.05. The van der Waals surface area contributed by atoms with Crippen LogP contribution in [0.2, 0.25) is 0 Å². The summed E-state index contributed by atoms with van der Waals surface area (Å²) in [6, 6.07) is 11.8. The first-order chi connectivity index (χ1) is 9.19. The highest BCUT2D eigenvalue weighted by Crippen LogP contribution is 2.22. The van der Waals surface area contributed by atoms with E-state index in [2.05, 4.69) is 4.98 Å². The summed E-state index contributed by atoms with van der Waals surface area (Å²) in [5.74, 6) is 0.866. The largest absolute Gasteiger partial charge is 0.491 e. The molecule has 3 nitrogen and oxygen atoms in total. The van der Waals surface area contributed by atoms with E-state index in [9.17, 15) is 0 Å². The molecule has 0 radical (unpaired) electrons. The number of nitrogens with zero attached hydrogens (tertiary/aromatic N) is 1. The zero-order chi connectivity index (χ0) is 13.7. The first-order valence-electron chi connectivity index (χ1n) is 6.52. The van der Waals surface area contributed by atoms with Gasteiger partial charge < -0.3 is 9.84 Å². The quantitative estimate of drug-likeness (QED) is 0.895. The average molecular weight is 257 g/mol. The molecule has 0 aliphatic carbocycles. The van der Waals surface area contributed by atoms with Crippen LogP contribution in [-0.2, 0) is 6.42 Å². The van der Waals surface area contributed by atoms with Gasteiger partial charge in [-0.05, 0) is 62.2 Å². The summed E-state index contributed by atoms with van der Waals surface area (Å²) in [7, 11) is 0. The number of aliphatic hydroxyl groups excluding tert-OH is 1. The van der Waals surface area contributed by atoms with Crippen molar-refractivity contribution in [3.63, 3.8) is 0 Å². The van der Waals surface area contributed by atoms with Crippen LogP contribution in [0.3, 0.4) is 0 Å². The fourth-order valence-electron chi connectivity index (χ4n) is 1.89. The Kier molecular flexibility index (Phi) is 4.53. The molecule has 0 bridgehead atoms. The van der Waals surface area contributed by atoms with Crippen LogP contribution in [0.5, 0.6) is 5.75 Å². The van der Waals surface area contributed by atoms with Crippen molar-refractivity contribution >= 4 is 0 Å². The Labute approximate surface area is 113 Å². The molecule has 0 saturated heterocycles. The van der Waals surface area contributed by atoms with E-state index < -0.39 is 0 Å². The number of hydrogen-bond donors (Lipinski definition) is 1. The molecule has 0 aliphatic heterocycles. The normalized spacial score (nSPS) is 10.7. The molecule has 19 heavy (non-hydrogen) atoms. The van der Waals surface area contributed by atoms with Crippen molar-refractivity contribution in [3.8, 4) is 17.0 Å². The molecule has 0 amide bonds. The number of aliphatic hydroxyl groups is 1. The molecule has 0 spiro atoms. The van der Waals surface area contributed by atoms with Gasteiger partial charge >= 0.3 is 0 Å². The zero-order valence-corrected chi connectivity index (χ0v) is 11.3. The molecule has 100 valence electrons. The Morgan fingerprint density at radius 1 is 1.16 bits per heavy atom. The van der Waals surface area contributed by atoms with Gasteiger partial charge in [0.05, 0.1) is 11.8 Å². The summed E-state index contributed by atoms with van der Waals surface area (Å²) < 4.78 is 5.61. The zero-order valence-electron chi connectivity index (χ0n) is 11.3. The van der Waals surface area contributed by atoms with Gasteiger partial charge in [-0.15, -0.1) is 0 Å². The van der Waals surface area contributed by atoms with Gasteiger partial charge in [-0.3, -0.25) is 4.98 Å². The van der Waals surface area contributed by atoms with E-state index in [4.69, 9.17) is 9.84 Å². The topological polar surface area (TPSA) is 42.4 Å². The van der Waals surface area contributed by atoms with Crippen LogP contribution in [0, 0.1) is 0 Å². The molecule has 3 heteroatoms. The molecule has 0 aliphatic rings. The monoisotopic (exact) mass is 257 g/mol. The van der Waals surface area contributed by atoms with Gasteiger partial charge in [0, 0.05) is 18.4 Å². The smallest absolute Gasteiger partial charge is 0.119 e. The summed E-state index contributed by atoms with van der Waals surface area (Å²) in [6.45, 7) is 4.17. The molecular formula is C16H19NO2. The SMILES string of the molecule is CC(C)Oc1ccc(-c2cc(CCO)ccn2)cc1. The van der Waals surface area contributed by atoms with Crippen molar-refractivity contribution in [3.05, 3.63) is 48.2 Å². The molecule has 1 aromatic carbocycles. The van der Waals surface area contributed by atoms with Gasteiger partial charge in [0.15, 0.2) is 0 Å². The van der Waals surface area contributed by atoms with Crippen LogP contribution in [0.25, 0.3) is 11.3 Å². The van der Waals surface area contributed by atoms with Gasteiger partial charge in [-0.25, -0.2) is 0 Å². The van der Waals surface area contributed by atoms with Crippen molar-refractivity contribution in [1.82, 2.24) is 4.98 Å². The highest BCUT2D eigenvalue weighted by Gasteiger charge is 2.02. The molecule has 0 unspecified atom stereocenters. The standard InChI is InChI=1S/C16H19NO2/c1-12(2)19-15-5-3-14(4-6-15)16-11-13(8-10-18)7-9-17-16/h3-7,9,11-12,18H,8,10H2,1-2H3. The van der Waals surface area contributed by atoms with E-state index in [1.54, 1.807) is 6.20 Å². The number of ether oxygens (including phenoxy) is 1.